The Hall–Kier alpha value is -5.58. The van der Waals surface area contributed by atoms with Gasteiger partial charge in [0.1, 0.15) is 19.3 Å². The molecule has 5 atom stereocenters. The first kappa shape index (κ1) is 94.4. The zero-order chi connectivity index (χ0) is 73.2. The number of aliphatic hydroxyl groups is 1. The van der Waals surface area contributed by atoms with Crippen LogP contribution in [0, 0.1) is 0 Å². The summed E-state index contributed by atoms with van der Waals surface area (Å²) in [7, 11) is -10.0. The van der Waals surface area contributed by atoms with Gasteiger partial charge in [0.15, 0.2) is 12.2 Å². The van der Waals surface area contributed by atoms with Crippen LogP contribution in [0.4, 0.5) is 0 Å². The van der Waals surface area contributed by atoms with Crippen molar-refractivity contribution >= 4 is 39.5 Å². The van der Waals surface area contributed by atoms with Crippen molar-refractivity contribution in [1.29, 1.82) is 0 Å². The number of rotatable bonds is 68. The average molecular weight is 1440 g/mol. The normalized spacial score (nSPS) is 14.9. The van der Waals surface area contributed by atoms with Crippen LogP contribution in [0.25, 0.3) is 0 Å². The van der Waals surface area contributed by atoms with E-state index >= 15 is 0 Å². The second kappa shape index (κ2) is 71.8. The Morgan fingerprint density at radius 2 is 0.530 bits per heavy atom. The van der Waals surface area contributed by atoms with Crippen LogP contribution in [0.3, 0.4) is 0 Å². The summed E-state index contributed by atoms with van der Waals surface area (Å²) in [6.45, 7) is 4.30. The fourth-order valence-corrected chi connectivity index (χ4v) is 10.7. The molecule has 19 heteroatoms. The maximum atomic E-state index is 13.1. The van der Waals surface area contributed by atoms with Crippen molar-refractivity contribution in [1.82, 2.24) is 0 Å². The van der Waals surface area contributed by atoms with Crippen molar-refractivity contribution < 1.29 is 80.2 Å². The largest absolute Gasteiger partial charge is 0.472 e. The summed E-state index contributed by atoms with van der Waals surface area (Å²) in [4.78, 5) is 72.7. The number of allylic oxidation sites excluding steroid dienone is 28. The van der Waals surface area contributed by atoms with Crippen molar-refractivity contribution in [3.05, 3.63) is 170 Å². The fraction of sp³-hybridized carbons (Fsp3) is 0.605. The highest BCUT2D eigenvalue weighted by Gasteiger charge is 2.30. The van der Waals surface area contributed by atoms with Gasteiger partial charge < -0.3 is 33.8 Å². The Bertz CT molecular complexity index is 2570. The minimum absolute atomic E-state index is 0.0231. The van der Waals surface area contributed by atoms with Gasteiger partial charge in [-0.25, -0.2) is 9.13 Å². The molecule has 0 rings (SSSR count). The van der Waals surface area contributed by atoms with E-state index in [1.807, 2.05) is 30.4 Å². The lowest BCUT2D eigenvalue weighted by atomic mass is 10.1. The number of phosphoric acid groups is 2. The molecule has 0 spiro atoms. The summed E-state index contributed by atoms with van der Waals surface area (Å²) in [5.74, 6) is -2.37. The van der Waals surface area contributed by atoms with E-state index in [0.29, 0.717) is 44.9 Å². The molecule has 0 saturated carbocycles. The molecular weight excluding hydrogens is 1310 g/mol. The van der Waals surface area contributed by atoms with Crippen LogP contribution in [0.15, 0.2) is 170 Å². The first-order chi connectivity index (χ1) is 48.7. The Labute approximate surface area is 603 Å². The third kappa shape index (κ3) is 70.8. The molecule has 0 aliphatic heterocycles. The smallest absolute Gasteiger partial charge is 0.462 e. The van der Waals surface area contributed by atoms with Gasteiger partial charge in [0.05, 0.1) is 26.4 Å². The zero-order valence-electron chi connectivity index (χ0n) is 61.5. The molecule has 0 saturated heterocycles. The van der Waals surface area contributed by atoms with Gasteiger partial charge in [0.25, 0.3) is 0 Å². The topological polar surface area (TPSA) is 237 Å². The molecule has 0 aliphatic rings. The molecular formula is C81H130O17P2. The first-order valence-electron chi connectivity index (χ1n) is 37.4. The highest BCUT2D eigenvalue weighted by molar-refractivity contribution is 7.47. The number of carbonyl (C=O) groups is 4. The number of hydrogen-bond donors (Lipinski definition) is 3. The minimum Gasteiger partial charge on any atom is -0.462 e. The lowest BCUT2D eigenvalue weighted by molar-refractivity contribution is -0.161. The van der Waals surface area contributed by atoms with Crippen LogP contribution in [0.5, 0.6) is 0 Å². The van der Waals surface area contributed by atoms with Crippen molar-refractivity contribution in [3.63, 3.8) is 0 Å². The van der Waals surface area contributed by atoms with Gasteiger partial charge in [-0.1, -0.05) is 262 Å². The number of unbranched alkanes of at least 4 members (excludes halogenated alkanes) is 14. The first-order valence-corrected chi connectivity index (χ1v) is 40.4. The molecule has 100 heavy (non-hydrogen) atoms. The van der Waals surface area contributed by atoms with Crippen molar-refractivity contribution in [2.45, 2.75) is 277 Å². The van der Waals surface area contributed by atoms with Crippen LogP contribution < -0.4 is 0 Å². The van der Waals surface area contributed by atoms with Crippen LogP contribution in [0.2, 0.25) is 0 Å². The summed E-state index contributed by atoms with van der Waals surface area (Å²) >= 11 is 0. The Kier molecular flexibility index (Phi) is 67.8. The number of phosphoric ester groups is 2. The monoisotopic (exact) mass is 1440 g/mol. The molecule has 0 aromatic heterocycles. The SMILES string of the molecule is CC/C=C\C/C=C\C/C=C\C/C=C\C/C=C\CCCC(=O)OCC(COP(=O)(O)OCC(O)COP(=O)(O)OCC(COC(=O)CCC/C=C\C/C=C\C/C=C\C/C=C\C/C=C\CC)OC(=O)CCCCCCCCCCCCC)OC(=O)CCCC/C=C\C/C=C\C/C=C\C/C=C\CC. The maximum absolute atomic E-state index is 13.1. The highest BCUT2D eigenvalue weighted by atomic mass is 31.2. The van der Waals surface area contributed by atoms with Crippen LogP contribution >= 0.6 is 15.6 Å². The number of carbonyl (C=O) groups excluding carboxylic acids is 4. The van der Waals surface area contributed by atoms with Crippen LogP contribution in [-0.2, 0) is 65.4 Å². The van der Waals surface area contributed by atoms with E-state index in [-0.39, 0.29) is 25.7 Å². The molecule has 0 heterocycles. The average Bonchev–Trinajstić information content (AvgIpc) is 1.02. The standard InChI is InChI=1S/C81H130O17P2/c1-5-9-13-17-21-25-29-32-35-37-40-42-46-49-53-57-61-65-78(83)91-71-76(97-80(85)67-63-59-55-51-45-28-24-20-16-12-8-4)73-95-99(87,88)93-69-75(82)70-94-100(89,90)96-74-77(98-81(86)68-64-60-56-52-48-44-39-34-31-27-23-19-15-11-7-3)72-92-79(84)66-62-58-54-50-47-43-41-38-36-33-30-26-22-18-14-10-6-2/h9-11,13-15,21-23,25-27,32-36,39-43,48-50,52-54,75-77,82H,5-8,12,16-20,24,28-31,37-38,44-47,51,55-74H2,1-4H3,(H,87,88)(H,89,90)/b13-9-,14-10-,15-11-,25-21-,26-22-,27-23-,35-32-,36-33-,39-34-,42-40-,43-41-,52-48-,53-49-,54-50-. The van der Waals surface area contributed by atoms with Gasteiger partial charge in [0.2, 0.25) is 0 Å². The van der Waals surface area contributed by atoms with E-state index in [2.05, 4.69) is 167 Å². The Morgan fingerprint density at radius 1 is 0.290 bits per heavy atom. The summed E-state index contributed by atoms with van der Waals surface area (Å²) < 4.78 is 68.2. The van der Waals surface area contributed by atoms with Crippen LogP contribution in [0.1, 0.15) is 259 Å². The molecule has 0 fully saturated rings. The second-order valence-corrected chi connectivity index (χ2v) is 27.0. The van der Waals surface area contributed by atoms with E-state index in [9.17, 15) is 43.2 Å². The molecule has 0 bridgehead atoms. The molecule has 0 aromatic rings. The lowest BCUT2D eigenvalue weighted by Crippen LogP contribution is -2.30. The predicted molar refractivity (Wildman–Crippen MR) is 408 cm³/mol. The third-order valence-electron chi connectivity index (χ3n) is 14.7. The molecule has 0 aromatic carbocycles. The molecule has 0 radical (unpaired) electrons. The summed E-state index contributed by atoms with van der Waals surface area (Å²) in [6, 6.07) is 0. The minimum atomic E-state index is -5.01. The van der Waals surface area contributed by atoms with Gasteiger partial charge in [-0.15, -0.1) is 0 Å². The molecule has 0 aliphatic carbocycles. The molecule has 566 valence electrons. The van der Waals surface area contributed by atoms with Gasteiger partial charge in [-0.05, 0) is 141 Å². The maximum Gasteiger partial charge on any atom is 0.472 e. The number of hydrogen-bond acceptors (Lipinski definition) is 15. The predicted octanol–water partition coefficient (Wildman–Crippen LogP) is 21.4. The van der Waals surface area contributed by atoms with E-state index in [4.69, 9.17) is 37.0 Å². The van der Waals surface area contributed by atoms with Crippen molar-refractivity contribution in [2.75, 3.05) is 39.6 Å². The number of esters is 4. The van der Waals surface area contributed by atoms with E-state index in [1.165, 1.54) is 38.5 Å². The van der Waals surface area contributed by atoms with Gasteiger partial charge >= 0.3 is 39.5 Å². The summed E-state index contributed by atoms with van der Waals surface area (Å²) in [5.41, 5.74) is 0. The van der Waals surface area contributed by atoms with Gasteiger partial charge in [-0.2, -0.15) is 0 Å². The Morgan fingerprint density at radius 3 is 0.830 bits per heavy atom. The Balaban J connectivity index is 5.48. The lowest BCUT2D eigenvalue weighted by Gasteiger charge is -2.21. The van der Waals surface area contributed by atoms with Gasteiger partial charge in [0, 0.05) is 25.7 Å². The summed E-state index contributed by atoms with van der Waals surface area (Å²) in [5, 5.41) is 10.6. The third-order valence-corrected chi connectivity index (χ3v) is 16.6. The molecule has 17 nitrogen and oxygen atoms in total. The summed E-state index contributed by atoms with van der Waals surface area (Å²) in [6.07, 6.45) is 83.8. The van der Waals surface area contributed by atoms with Gasteiger partial charge in [-0.3, -0.25) is 37.3 Å². The van der Waals surface area contributed by atoms with E-state index in [1.54, 1.807) is 0 Å². The number of ether oxygens (including phenoxy) is 4. The molecule has 3 N–H and O–H groups in total. The number of aliphatic hydroxyl groups excluding tert-OH is 1. The van der Waals surface area contributed by atoms with Crippen LogP contribution in [-0.4, -0.2) is 96.7 Å². The van der Waals surface area contributed by atoms with Crippen molar-refractivity contribution in [2.24, 2.45) is 0 Å². The molecule has 5 unspecified atom stereocenters. The highest BCUT2D eigenvalue weighted by Crippen LogP contribution is 2.45. The second-order valence-electron chi connectivity index (χ2n) is 24.1. The zero-order valence-corrected chi connectivity index (χ0v) is 63.3. The molecule has 0 amide bonds. The fourth-order valence-electron chi connectivity index (χ4n) is 9.10. The van der Waals surface area contributed by atoms with E-state index in [0.717, 1.165) is 122 Å². The van der Waals surface area contributed by atoms with Crippen molar-refractivity contribution in [3.8, 4) is 0 Å². The van der Waals surface area contributed by atoms with E-state index < -0.39 is 97.5 Å². The quantitative estimate of drug-likeness (QED) is 0.0169.